The Kier molecular flexibility index (Phi) is 2.10. The van der Waals surface area contributed by atoms with Crippen molar-refractivity contribution >= 4 is 5.97 Å². The van der Waals surface area contributed by atoms with Gasteiger partial charge in [0.1, 0.15) is 12.2 Å². The van der Waals surface area contributed by atoms with Gasteiger partial charge in [0.05, 0.1) is 11.4 Å². The average molecular weight is 188 g/mol. The first-order valence-electron chi connectivity index (χ1n) is 4.19. The normalized spacial score (nSPS) is 10.3. The van der Waals surface area contributed by atoms with E-state index in [1.54, 1.807) is 0 Å². The summed E-state index contributed by atoms with van der Waals surface area (Å²) in [6.07, 6.45) is -0.127. The number of fused-ring (bicyclic) bond motifs is 1. The lowest BCUT2D eigenvalue weighted by Gasteiger charge is -1.84. The van der Waals surface area contributed by atoms with Crippen LogP contribution in [0.25, 0.3) is 11.4 Å². The van der Waals surface area contributed by atoms with E-state index in [4.69, 9.17) is 5.11 Å². The molecule has 0 bridgehead atoms. The maximum Gasteiger partial charge on any atom is 0.311 e. The van der Waals surface area contributed by atoms with Crippen LogP contribution in [0.4, 0.5) is 0 Å². The smallest absolute Gasteiger partial charge is 0.311 e. The molecule has 0 unspecified atom stereocenters. The minimum atomic E-state index is -0.912. The van der Waals surface area contributed by atoms with Crippen molar-refractivity contribution in [3.8, 4) is 11.4 Å². The highest BCUT2D eigenvalue weighted by molar-refractivity contribution is 5.70. The van der Waals surface area contributed by atoms with Crippen LogP contribution in [-0.4, -0.2) is 21.0 Å². The van der Waals surface area contributed by atoms with Crippen molar-refractivity contribution in [2.24, 2.45) is 0 Å². The fourth-order valence-electron chi connectivity index (χ4n) is 1.23. The second kappa shape index (κ2) is 3.41. The van der Waals surface area contributed by atoms with Crippen LogP contribution in [0.5, 0.6) is 0 Å². The van der Waals surface area contributed by atoms with Gasteiger partial charge in [-0.3, -0.25) is 4.79 Å². The third-order valence-electron chi connectivity index (χ3n) is 1.80. The Balaban J connectivity index is 2.43. The van der Waals surface area contributed by atoms with Crippen molar-refractivity contribution in [1.29, 1.82) is 0 Å². The van der Waals surface area contributed by atoms with E-state index in [-0.39, 0.29) is 6.42 Å². The topological polar surface area (TPSA) is 63.1 Å². The van der Waals surface area contributed by atoms with Gasteiger partial charge >= 0.3 is 5.97 Å². The van der Waals surface area contributed by atoms with E-state index >= 15 is 0 Å². The summed E-state index contributed by atoms with van der Waals surface area (Å²) in [6, 6.07) is 9.20. The van der Waals surface area contributed by atoms with Crippen LogP contribution < -0.4 is 0 Å². The number of hydrogen-bond donors (Lipinski definition) is 1. The fraction of sp³-hybridized carbons (Fsp3) is 0.100. The molecule has 0 radical (unpaired) electrons. The fourth-order valence-corrected chi connectivity index (χ4v) is 1.23. The lowest BCUT2D eigenvalue weighted by atomic mass is 10.3. The zero-order valence-electron chi connectivity index (χ0n) is 7.34. The van der Waals surface area contributed by atoms with Crippen molar-refractivity contribution in [2.45, 2.75) is 6.42 Å². The molecule has 2 aliphatic rings. The summed E-state index contributed by atoms with van der Waals surface area (Å²) < 4.78 is 0. The Morgan fingerprint density at radius 1 is 1.14 bits per heavy atom. The molecule has 4 heteroatoms. The maximum absolute atomic E-state index is 10.4. The first-order chi connectivity index (χ1) is 6.75. The number of imidazole rings is 1. The van der Waals surface area contributed by atoms with E-state index < -0.39 is 5.97 Å². The minimum absolute atomic E-state index is 0.127. The molecule has 0 spiro atoms. The Morgan fingerprint density at radius 2 is 1.71 bits per heavy atom. The van der Waals surface area contributed by atoms with Crippen LogP contribution in [0.2, 0.25) is 0 Å². The monoisotopic (exact) mass is 188 g/mol. The molecule has 4 nitrogen and oxygen atoms in total. The predicted octanol–water partition coefficient (Wildman–Crippen LogP) is 1.21. The Labute approximate surface area is 80.6 Å². The molecule has 0 fully saturated rings. The van der Waals surface area contributed by atoms with E-state index in [2.05, 4.69) is 9.97 Å². The molecule has 0 aromatic carbocycles. The number of aliphatic carboxylic acids is 1. The van der Waals surface area contributed by atoms with Gasteiger partial charge in [-0.1, -0.05) is 18.2 Å². The molecule has 0 aromatic heterocycles. The zero-order valence-corrected chi connectivity index (χ0v) is 7.34. The Hall–Kier alpha value is -1.97. The van der Waals surface area contributed by atoms with Crippen LogP contribution in [0.1, 0.15) is 5.82 Å². The number of aromatic nitrogens is 2. The van der Waals surface area contributed by atoms with E-state index in [1.807, 2.05) is 30.3 Å². The average Bonchev–Trinajstić information content (AvgIpc) is 2.34. The van der Waals surface area contributed by atoms with Crippen molar-refractivity contribution in [2.75, 3.05) is 0 Å². The third kappa shape index (κ3) is 1.69. The summed E-state index contributed by atoms with van der Waals surface area (Å²) in [5, 5.41) is 8.56. The number of rotatable bonds is 2. The molecule has 0 saturated carbocycles. The number of carbonyl (C=O) groups is 1. The standard InChI is InChI=1S/C10H8N2O2/c13-10(14)6-9-11-7-4-2-1-3-5-8(7)12-9/h1-5H,6H2,(H,13,14). The van der Waals surface area contributed by atoms with Crippen molar-refractivity contribution in [3.05, 3.63) is 36.2 Å². The summed E-state index contributed by atoms with van der Waals surface area (Å²) in [5.41, 5.74) is 1.46. The molecule has 14 heavy (non-hydrogen) atoms. The van der Waals surface area contributed by atoms with Crippen molar-refractivity contribution < 1.29 is 9.90 Å². The van der Waals surface area contributed by atoms with Crippen LogP contribution in [0.3, 0.4) is 0 Å². The molecule has 0 amide bonds. The quantitative estimate of drug-likeness (QED) is 0.769. The molecule has 0 atom stereocenters. The van der Waals surface area contributed by atoms with Crippen molar-refractivity contribution in [1.82, 2.24) is 9.97 Å². The first kappa shape index (κ1) is 8.62. The van der Waals surface area contributed by atoms with Gasteiger partial charge < -0.3 is 5.11 Å². The van der Waals surface area contributed by atoms with E-state index in [0.29, 0.717) is 5.82 Å². The minimum Gasteiger partial charge on any atom is -0.481 e. The number of hydrogen-bond acceptors (Lipinski definition) is 3. The van der Waals surface area contributed by atoms with Gasteiger partial charge in [0.2, 0.25) is 0 Å². The molecule has 1 heterocycles. The van der Waals surface area contributed by atoms with Crippen LogP contribution in [0, 0.1) is 0 Å². The molecule has 2 rings (SSSR count). The van der Waals surface area contributed by atoms with Gasteiger partial charge in [0.15, 0.2) is 0 Å². The van der Waals surface area contributed by atoms with Gasteiger partial charge in [0.25, 0.3) is 0 Å². The lowest BCUT2D eigenvalue weighted by molar-refractivity contribution is -0.136. The SMILES string of the molecule is O=C(O)Cc1nc2cccccc-2n1. The summed E-state index contributed by atoms with van der Waals surface area (Å²) >= 11 is 0. The van der Waals surface area contributed by atoms with Gasteiger partial charge in [-0.25, -0.2) is 9.97 Å². The van der Waals surface area contributed by atoms with Gasteiger partial charge in [-0.05, 0) is 12.1 Å². The number of carboxylic acids is 1. The molecular formula is C10H8N2O2. The maximum atomic E-state index is 10.4. The molecule has 1 N–H and O–H groups in total. The highest BCUT2D eigenvalue weighted by atomic mass is 16.4. The summed E-state index contributed by atoms with van der Waals surface area (Å²) in [4.78, 5) is 18.6. The lowest BCUT2D eigenvalue weighted by Crippen LogP contribution is -2.01. The first-order valence-corrected chi connectivity index (χ1v) is 4.19. The Bertz CT molecular complexity index is 411. The molecule has 0 aromatic rings. The largest absolute Gasteiger partial charge is 0.481 e. The van der Waals surface area contributed by atoms with Crippen LogP contribution in [0.15, 0.2) is 30.3 Å². The zero-order chi connectivity index (χ0) is 9.97. The van der Waals surface area contributed by atoms with Crippen LogP contribution >= 0.6 is 0 Å². The highest BCUT2D eigenvalue weighted by Crippen LogP contribution is 2.16. The van der Waals surface area contributed by atoms with Gasteiger partial charge in [-0.2, -0.15) is 0 Å². The van der Waals surface area contributed by atoms with Gasteiger partial charge in [0, 0.05) is 0 Å². The molecule has 0 saturated heterocycles. The summed E-state index contributed by atoms with van der Waals surface area (Å²) in [6.45, 7) is 0. The summed E-state index contributed by atoms with van der Waals surface area (Å²) in [5.74, 6) is -0.552. The van der Waals surface area contributed by atoms with Crippen molar-refractivity contribution in [3.63, 3.8) is 0 Å². The second-order valence-electron chi connectivity index (χ2n) is 2.89. The number of nitrogens with zero attached hydrogens (tertiary/aromatic N) is 2. The van der Waals surface area contributed by atoms with E-state index in [9.17, 15) is 4.79 Å². The molecule has 1 aliphatic carbocycles. The third-order valence-corrected chi connectivity index (χ3v) is 1.80. The number of carboxylic acid groups (broad SMARTS) is 1. The van der Waals surface area contributed by atoms with E-state index in [1.165, 1.54) is 0 Å². The molecule has 70 valence electrons. The van der Waals surface area contributed by atoms with Crippen LogP contribution in [-0.2, 0) is 11.2 Å². The predicted molar refractivity (Wildman–Crippen MR) is 50.0 cm³/mol. The summed E-state index contributed by atoms with van der Waals surface area (Å²) in [7, 11) is 0. The molecular weight excluding hydrogens is 180 g/mol. The van der Waals surface area contributed by atoms with Gasteiger partial charge in [-0.15, -0.1) is 0 Å². The Morgan fingerprint density at radius 3 is 2.21 bits per heavy atom. The van der Waals surface area contributed by atoms with E-state index in [0.717, 1.165) is 11.4 Å². The molecule has 1 aliphatic heterocycles. The second-order valence-corrected chi connectivity index (χ2v) is 2.89. The highest BCUT2D eigenvalue weighted by Gasteiger charge is 2.10.